The van der Waals surface area contributed by atoms with Gasteiger partial charge in [-0.05, 0) is 39.5 Å². The zero-order valence-electron chi connectivity index (χ0n) is 17.5. The summed E-state index contributed by atoms with van der Waals surface area (Å²) < 4.78 is 5.62. The van der Waals surface area contributed by atoms with Crippen LogP contribution in [0, 0.1) is 5.41 Å². The lowest BCUT2D eigenvalue weighted by atomic mass is 9.73. The molecule has 1 rings (SSSR count). The van der Waals surface area contributed by atoms with E-state index in [0.29, 0.717) is 25.7 Å². The lowest BCUT2D eigenvalue weighted by molar-refractivity contribution is -0.263. The fourth-order valence-corrected chi connectivity index (χ4v) is 3.46. The van der Waals surface area contributed by atoms with Gasteiger partial charge in [-0.3, -0.25) is 0 Å². The van der Waals surface area contributed by atoms with E-state index in [1.165, 1.54) is 6.08 Å². The molecule has 1 aliphatic heterocycles. The molecule has 1 heterocycles. The molecule has 7 atom stereocenters. The number of ether oxygens (including phenoxy) is 1. The Kier molecular flexibility index (Phi) is 9.28. The van der Waals surface area contributed by atoms with Gasteiger partial charge in [-0.25, -0.2) is 0 Å². The van der Waals surface area contributed by atoms with Crippen molar-refractivity contribution in [2.45, 2.75) is 95.6 Å². The first kappa shape index (κ1) is 25.2. The molecule has 0 aromatic carbocycles. The first-order chi connectivity index (χ1) is 12.9. The van der Waals surface area contributed by atoms with Crippen molar-refractivity contribution in [2.75, 3.05) is 6.61 Å². The van der Waals surface area contributed by atoms with Crippen LogP contribution in [0.3, 0.4) is 0 Å². The lowest BCUT2D eigenvalue weighted by Gasteiger charge is -2.48. The van der Waals surface area contributed by atoms with E-state index in [2.05, 4.69) is 6.58 Å². The van der Waals surface area contributed by atoms with Crippen molar-refractivity contribution in [3.8, 4) is 0 Å². The van der Waals surface area contributed by atoms with Crippen LogP contribution in [-0.2, 0) is 4.74 Å². The molecule has 1 saturated heterocycles. The molecule has 0 aliphatic carbocycles. The third-order valence-corrected chi connectivity index (χ3v) is 5.88. The molecule has 0 aromatic heterocycles. The minimum absolute atomic E-state index is 0.419. The summed E-state index contributed by atoms with van der Waals surface area (Å²) in [7, 11) is 0. The largest absolute Gasteiger partial charge is 0.394 e. The molecule has 0 bridgehead atoms. The zero-order valence-corrected chi connectivity index (χ0v) is 17.5. The molecule has 0 radical (unpaired) electrons. The van der Waals surface area contributed by atoms with Crippen molar-refractivity contribution < 1.29 is 35.4 Å². The number of rotatable bonds is 10. The predicted molar refractivity (Wildman–Crippen MR) is 107 cm³/mol. The van der Waals surface area contributed by atoms with Gasteiger partial charge in [0.1, 0.15) is 24.4 Å². The fraction of sp³-hybridized carbons (Fsp3) is 0.810. The first-order valence-corrected chi connectivity index (χ1v) is 9.87. The highest BCUT2D eigenvalue weighted by Gasteiger charge is 2.51. The van der Waals surface area contributed by atoms with Crippen LogP contribution in [0.5, 0.6) is 0 Å². The number of hydrogen-bond acceptors (Lipinski definition) is 7. The molecule has 6 N–H and O–H groups in total. The molecular weight excluding hydrogens is 364 g/mol. The van der Waals surface area contributed by atoms with Crippen LogP contribution in [0.25, 0.3) is 0 Å². The second kappa shape index (κ2) is 10.3. The number of hydrogen-bond donors (Lipinski definition) is 6. The second-order valence-electron chi connectivity index (χ2n) is 8.78. The van der Waals surface area contributed by atoms with Crippen molar-refractivity contribution in [3.05, 3.63) is 24.3 Å². The maximum atomic E-state index is 10.7. The SMILES string of the molecule is C=C[C@@](C)(O)CC/C=C(\C)CC[C@@H](O)C(C)(C)[C@@H]1O[C@H](CO)[C@@H](O)[C@H](O)[C@H]1O. The predicted octanol–water partition coefficient (Wildman–Crippen LogP) is 0.660. The van der Waals surface area contributed by atoms with Gasteiger partial charge in [-0.1, -0.05) is 31.6 Å². The Morgan fingerprint density at radius 2 is 1.75 bits per heavy atom. The van der Waals surface area contributed by atoms with Crippen molar-refractivity contribution >= 4 is 0 Å². The van der Waals surface area contributed by atoms with E-state index >= 15 is 0 Å². The lowest BCUT2D eigenvalue weighted by Crippen LogP contribution is -2.63. The molecule has 1 aliphatic rings. The van der Waals surface area contributed by atoms with Crippen molar-refractivity contribution in [2.24, 2.45) is 5.41 Å². The molecular formula is C21H38O7. The highest BCUT2D eigenvalue weighted by Crippen LogP contribution is 2.37. The molecule has 7 nitrogen and oxygen atoms in total. The Labute approximate surface area is 168 Å². The van der Waals surface area contributed by atoms with Crippen LogP contribution in [-0.4, -0.2) is 79.5 Å². The van der Waals surface area contributed by atoms with E-state index in [0.717, 1.165) is 5.57 Å². The molecule has 28 heavy (non-hydrogen) atoms. The second-order valence-corrected chi connectivity index (χ2v) is 8.78. The van der Waals surface area contributed by atoms with Crippen LogP contribution >= 0.6 is 0 Å². The van der Waals surface area contributed by atoms with E-state index < -0.39 is 54.2 Å². The van der Waals surface area contributed by atoms with Gasteiger partial charge in [0.05, 0.1) is 24.4 Å². The Bertz CT molecular complexity index is 527. The smallest absolute Gasteiger partial charge is 0.111 e. The molecule has 0 unspecified atom stereocenters. The van der Waals surface area contributed by atoms with Crippen molar-refractivity contribution in [1.29, 1.82) is 0 Å². The Hall–Kier alpha value is -0.800. The first-order valence-electron chi connectivity index (χ1n) is 9.87. The zero-order chi connectivity index (χ0) is 21.7. The summed E-state index contributed by atoms with van der Waals surface area (Å²) >= 11 is 0. The normalized spacial score (nSPS) is 32.6. The van der Waals surface area contributed by atoms with Gasteiger partial charge >= 0.3 is 0 Å². The van der Waals surface area contributed by atoms with E-state index in [9.17, 15) is 30.6 Å². The van der Waals surface area contributed by atoms with Crippen LogP contribution in [0.1, 0.15) is 53.4 Å². The Morgan fingerprint density at radius 3 is 2.29 bits per heavy atom. The summed E-state index contributed by atoms with van der Waals surface area (Å²) in [6.45, 7) is 10.2. The molecule has 164 valence electrons. The summed E-state index contributed by atoms with van der Waals surface area (Å²) in [6.07, 6.45) is -1.18. The summed E-state index contributed by atoms with van der Waals surface area (Å²) in [5.74, 6) is 0. The van der Waals surface area contributed by atoms with Gasteiger partial charge in [0, 0.05) is 5.41 Å². The van der Waals surface area contributed by atoms with Gasteiger partial charge in [-0.15, -0.1) is 6.58 Å². The maximum absolute atomic E-state index is 10.7. The highest BCUT2D eigenvalue weighted by atomic mass is 16.5. The Balaban J connectivity index is 2.68. The fourth-order valence-electron chi connectivity index (χ4n) is 3.46. The maximum Gasteiger partial charge on any atom is 0.111 e. The van der Waals surface area contributed by atoms with Crippen LogP contribution in [0.2, 0.25) is 0 Å². The molecule has 0 amide bonds. The van der Waals surface area contributed by atoms with E-state index in [1.807, 2.05) is 13.0 Å². The summed E-state index contributed by atoms with van der Waals surface area (Å²) in [6, 6.07) is 0. The third-order valence-electron chi connectivity index (χ3n) is 5.88. The van der Waals surface area contributed by atoms with E-state index in [1.54, 1.807) is 20.8 Å². The third kappa shape index (κ3) is 6.35. The van der Waals surface area contributed by atoms with E-state index in [-0.39, 0.29) is 0 Å². The van der Waals surface area contributed by atoms with Crippen LogP contribution < -0.4 is 0 Å². The van der Waals surface area contributed by atoms with Crippen LogP contribution in [0.15, 0.2) is 24.3 Å². The number of aliphatic hydroxyl groups excluding tert-OH is 5. The summed E-state index contributed by atoms with van der Waals surface area (Å²) in [4.78, 5) is 0. The van der Waals surface area contributed by atoms with Gasteiger partial charge in [-0.2, -0.15) is 0 Å². The van der Waals surface area contributed by atoms with Crippen molar-refractivity contribution in [1.82, 2.24) is 0 Å². The van der Waals surface area contributed by atoms with E-state index in [4.69, 9.17) is 4.74 Å². The molecule has 0 saturated carbocycles. The topological polar surface area (TPSA) is 131 Å². The number of aliphatic hydroxyl groups is 6. The molecule has 1 fully saturated rings. The Morgan fingerprint density at radius 1 is 1.14 bits per heavy atom. The molecule has 0 aromatic rings. The highest BCUT2D eigenvalue weighted by molar-refractivity contribution is 5.03. The van der Waals surface area contributed by atoms with Crippen LogP contribution in [0.4, 0.5) is 0 Å². The molecule has 0 spiro atoms. The minimum atomic E-state index is -1.46. The summed E-state index contributed by atoms with van der Waals surface area (Å²) in [5, 5.41) is 60.3. The standard InChI is InChI=1S/C21H38O7/c1-6-21(5,27)11-7-8-13(2)9-10-15(23)20(3,4)19-18(26)17(25)16(24)14(12-22)28-19/h6,8,14-19,22-27H,1,7,9-12H2,2-5H3/b13-8+/t14-,15-,16-,17+,18-,19-,21-/m1/s1. The average molecular weight is 403 g/mol. The van der Waals surface area contributed by atoms with Gasteiger partial charge < -0.3 is 35.4 Å². The molecule has 7 heteroatoms. The quantitative estimate of drug-likeness (QED) is 0.296. The monoisotopic (exact) mass is 402 g/mol. The van der Waals surface area contributed by atoms with Gasteiger partial charge in [0.2, 0.25) is 0 Å². The minimum Gasteiger partial charge on any atom is -0.394 e. The van der Waals surface area contributed by atoms with Gasteiger partial charge in [0.15, 0.2) is 0 Å². The van der Waals surface area contributed by atoms with Gasteiger partial charge in [0.25, 0.3) is 0 Å². The summed E-state index contributed by atoms with van der Waals surface area (Å²) in [5.41, 5.74) is -0.745. The van der Waals surface area contributed by atoms with Crippen molar-refractivity contribution in [3.63, 3.8) is 0 Å². The number of allylic oxidation sites excluding steroid dienone is 2. The average Bonchev–Trinajstić information content (AvgIpc) is 2.64.